The Morgan fingerprint density at radius 3 is 2.50 bits per heavy atom. The molecule has 0 aliphatic carbocycles. The molecule has 3 rings (SSSR count). The van der Waals surface area contributed by atoms with Crippen LogP contribution in [-0.4, -0.2) is 28.0 Å². The fourth-order valence-electron chi connectivity index (χ4n) is 2.77. The van der Waals surface area contributed by atoms with Gasteiger partial charge in [-0.2, -0.15) is 0 Å². The average molecular weight is 314 g/mol. The van der Waals surface area contributed by atoms with Gasteiger partial charge < -0.3 is 0 Å². The predicted molar refractivity (Wildman–Crippen MR) is 90.8 cm³/mol. The van der Waals surface area contributed by atoms with Gasteiger partial charge in [-0.05, 0) is 43.5 Å². The lowest BCUT2D eigenvalue weighted by Crippen LogP contribution is -2.31. The maximum Gasteiger partial charge on any atom is 0.0755 e. The highest BCUT2D eigenvalue weighted by Crippen LogP contribution is 2.27. The van der Waals surface area contributed by atoms with Crippen LogP contribution in [0.1, 0.15) is 36.3 Å². The molecule has 0 N–H and O–H groups in total. The molecular formula is C18H20ClN3. The van der Waals surface area contributed by atoms with Crippen molar-refractivity contribution in [2.75, 3.05) is 13.1 Å². The molecule has 0 saturated carbocycles. The summed E-state index contributed by atoms with van der Waals surface area (Å²) >= 11 is 5.95. The second kappa shape index (κ2) is 6.59. The molecule has 4 heteroatoms. The minimum Gasteiger partial charge on any atom is -0.291 e. The third-order valence-corrected chi connectivity index (χ3v) is 4.48. The fourth-order valence-corrected chi connectivity index (χ4v) is 2.89. The SMILES string of the molecule is Cc1cnc([C@H](C)N2CC=C(c3ccc(Cl)cc3)CC2)cn1. The lowest BCUT2D eigenvalue weighted by Gasteiger charge is -2.31. The maximum atomic E-state index is 5.95. The van der Waals surface area contributed by atoms with Crippen molar-refractivity contribution in [3.8, 4) is 0 Å². The molecule has 114 valence electrons. The van der Waals surface area contributed by atoms with Gasteiger partial charge in [0, 0.05) is 24.3 Å². The van der Waals surface area contributed by atoms with Gasteiger partial charge in [0.1, 0.15) is 0 Å². The number of rotatable bonds is 3. The molecule has 0 spiro atoms. The molecule has 1 aliphatic rings. The quantitative estimate of drug-likeness (QED) is 0.846. The summed E-state index contributed by atoms with van der Waals surface area (Å²) in [4.78, 5) is 11.3. The topological polar surface area (TPSA) is 29.0 Å². The van der Waals surface area contributed by atoms with Crippen LogP contribution in [0, 0.1) is 6.92 Å². The number of aromatic nitrogens is 2. The number of benzene rings is 1. The van der Waals surface area contributed by atoms with Crippen LogP contribution in [0.2, 0.25) is 5.02 Å². The number of hydrogen-bond acceptors (Lipinski definition) is 3. The molecule has 0 unspecified atom stereocenters. The molecule has 22 heavy (non-hydrogen) atoms. The van der Waals surface area contributed by atoms with Gasteiger partial charge in [0.05, 0.1) is 23.6 Å². The molecule has 0 saturated heterocycles. The number of nitrogens with zero attached hydrogens (tertiary/aromatic N) is 3. The second-order valence-electron chi connectivity index (χ2n) is 5.74. The van der Waals surface area contributed by atoms with E-state index in [9.17, 15) is 0 Å². The molecule has 3 nitrogen and oxygen atoms in total. The molecule has 1 aliphatic heterocycles. The van der Waals surface area contributed by atoms with Crippen LogP contribution in [0.4, 0.5) is 0 Å². The van der Waals surface area contributed by atoms with Crippen molar-refractivity contribution in [1.82, 2.24) is 14.9 Å². The van der Waals surface area contributed by atoms with E-state index in [0.29, 0.717) is 0 Å². The van der Waals surface area contributed by atoms with Crippen LogP contribution in [0.25, 0.3) is 5.57 Å². The molecular weight excluding hydrogens is 294 g/mol. The second-order valence-corrected chi connectivity index (χ2v) is 6.18. The van der Waals surface area contributed by atoms with E-state index >= 15 is 0 Å². The predicted octanol–water partition coefficient (Wildman–Crippen LogP) is 4.29. The lowest BCUT2D eigenvalue weighted by atomic mass is 9.98. The monoisotopic (exact) mass is 313 g/mol. The molecule has 1 aromatic carbocycles. The molecule has 2 heterocycles. The number of halogens is 1. The summed E-state index contributed by atoms with van der Waals surface area (Å²) in [6.45, 7) is 6.13. The number of aryl methyl sites for hydroxylation is 1. The smallest absolute Gasteiger partial charge is 0.0755 e. The van der Waals surface area contributed by atoms with Gasteiger partial charge in [0.15, 0.2) is 0 Å². The molecule has 1 atom stereocenters. The summed E-state index contributed by atoms with van der Waals surface area (Å²) in [5.74, 6) is 0. The van der Waals surface area contributed by atoms with Crippen molar-refractivity contribution in [2.45, 2.75) is 26.3 Å². The van der Waals surface area contributed by atoms with Crippen molar-refractivity contribution < 1.29 is 0 Å². The molecule has 0 amide bonds. The highest BCUT2D eigenvalue weighted by molar-refractivity contribution is 6.30. The highest BCUT2D eigenvalue weighted by Gasteiger charge is 2.20. The van der Waals surface area contributed by atoms with Crippen LogP contribution in [0.3, 0.4) is 0 Å². The van der Waals surface area contributed by atoms with Gasteiger partial charge in [-0.1, -0.05) is 29.8 Å². The van der Waals surface area contributed by atoms with Gasteiger partial charge >= 0.3 is 0 Å². The first-order chi connectivity index (χ1) is 10.6. The normalized spacial score (nSPS) is 17.1. The van der Waals surface area contributed by atoms with Gasteiger partial charge in [-0.3, -0.25) is 14.9 Å². The Balaban J connectivity index is 1.70. The summed E-state index contributed by atoms with van der Waals surface area (Å²) in [5.41, 5.74) is 4.66. The molecule has 1 aromatic heterocycles. The molecule has 0 fully saturated rings. The van der Waals surface area contributed by atoms with Crippen molar-refractivity contribution in [1.29, 1.82) is 0 Å². The minimum absolute atomic E-state index is 0.288. The first kappa shape index (κ1) is 15.2. The van der Waals surface area contributed by atoms with Crippen LogP contribution in [0.15, 0.2) is 42.7 Å². The molecule has 0 bridgehead atoms. The zero-order chi connectivity index (χ0) is 15.5. The average Bonchev–Trinajstić information content (AvgIpc) is 2.56. The van der Waals surface area contributed by atoms with Crippen molar-refractivity contribution in [2.24, 2.45) is 0 Å². The first-order valence-corrected chi connectivity index (χ1v) is 7.99. The van der Waals surface area contributed by atoms with E-state index in [0.717, 1.165) is 35.9 Å². The van der Waals surface area contributed by atoms with E-state index < -0.39 is 0 Å². The zero-order valence-electron chi connectivity index (χ0n) is 13.0. The first-order valence-electron chi connectivity index (χ1n) is 7.61. The van der Waals surface area contributed by atoms with E-state index in [1.807, 2.05) is 31.5 Å². The lowest BCUT2D eigenvalue weighted by molar-refractivity contribution is 0.229. The minimum atomic E-state index is 0.288. The maximum absolute atomic E-state index is 5.95. The van der Waals surface area contributed by atoms with Gasteiger partial charge in [-0.25, -0.2) is 0 Å². The zero-order valence-corrected chi connectivity index (χ0v) is 13.7. The van der Waals surface area contributed by atoms with E-state index in [1.54, 1.807) is 0 Å². The number of hydrogen-bond donors (Lipinski definition) is 0. The highest BCUT2D eigenvalue weighted by atomic mass is 35.5. The van der Waals surface area contributed by atoms with Crippen LogP contribution in [0.5, 0.6) is 0 Å². The molecule has 0 radical (unpaired) electrons. The Bertz CT molecular complexity index is 662. The third-order valence-electron chi connectivity index (χ3n) is 4.23. The summed E-state index contributed by atoms with van der Waals surface area (Å²) in [7, 11) is 0. The van der Waals surface area contributed by atoms with E-state index in [2.05, 4.69) is 40.0 Å². The largest absolute Gasteiger partial charge is 0.291 e. The summed E-state index contributed by atoms with van der Waals surface area (Å²) < 4.78 is 0. The Morgan fingerprint density at radius 2 is 1.91 bits per heavy atom. The van der Waals surface area contributed by atoms with E-state index in [-0.39, 0.29) is 6.04 Å². The summed E-state index contributed by atoms with van der Waals surface area (Å²) in [6.07, 6.45) is 7.08. The summed E-state index contributed by atoms with van der Waals surface area (Å²) in [6, 6.07) is 8.39. The van der Waals surface area contributed by atoms with Crippen molar-refractivity contribution >= 4 is 17.2 Å². The van der Waals surface area contributed by atoms with Gasteiger partial charge in [0.25, 0.3) is 0 Å². The van der Waals surface area contributed by atoms with E-state index in [1.165, 1.54) is 11.1 Å². The van der Waals surface area contributed by atoms with Gasteiger partial charge in [0.2, 0.25) is 0 Å². The fraction of sp³-hybridized carbons (Fsp3) is 0.333. The van der Waals surface area contributed by atoms with Crippen molar-refractivity contribution in [3.05, 3.63) is 64.7 Å². The van der Waals surface area contributed by atoms with Crippen LogP contribution < -0.4 is 0 Å². The van der Waals surface area contributed by atoms with E-state index in [4.69, 9.17) is 11.6 Å². The summed E-state index contributed by atoms with van der Waals surface area (Å²) in [5, 5.41) is 0.786. The van der Waals surface area contributed by atoms with Crippen LogP contribution >= 0.6 is 11.6 Å². The standard InChI is InChI=1S/C18H20ClN3/c1-13-11-21-18(12-20-13)14(2)22-9-7-16(8-10-22)15-3-5-17(19)6-4-15/h3-7,11-12,14H,8-10H2,1-2H3/t14-/m0/s1. The van der Waals surface area contributed by atoms with Gasteiger partial charge in [-0.15, -0.1) is 0 Å². The Morgan fingerprint density at radius 1 is 1.14 bits per heavy atom. The molecule has 2 aromatic rings. The Labute approximate surface area is 136 Å². The third kappa shape index (κ3) is 3.37. The van der Waals surface area contributed by atoms with Crippen LogP contribution in [-0.2, 0) is 0 Å². The Hall–Kier alpha value is -1.71. The Kier molecular flexibility index (Phi) is 4.55. The van der Waals surface area contributed by atoms with Crippen molar-refractivity contribution in [3.63, 3.8) is 0 Å².